The van der Waals surface area contributed by atoms with Gasteiger partial charge in [0, 0.05) is 43.3 Å². The van der Waals surface area contributed by atoms with E-state index in [0.29, 0.717) is 11.6 Å². The van der Waals surface area contributed by atoms with Crippen LogP contribution in [0.2, 0.25) is 5.02 Å². The Balaban J connectivity index is 1.25. The Hall–Kier alpha value is -2.94. The SMILES string of the molecule is Cc1ccc(-c2nc3c(N4CCN(CCOc5ccc(Cl)cc5)CC4)nc(N)nc3s2)cc1. The quantitative estimate of drug-likeness (QED) is 0.435. The highest BCUT2D eigenvalue weighted by molar-refractivity contribution is 7.21. The highest BCUT2D eigenvalue weighted by Crippen LogP contribution is 2.34. The van der Waals surface area contributed by atoms with Gasteiger partial charge in [-0.1, -0.05) is 52.8 Å². The van der Waals surface area contributed by atoms with E-state index in [-0.39, 0.29) is 5.95 Å². The van der Waals surface area contributed by atoms with Crippen LogP contribution in [-0.2, 0) is 0 Å². The normalized spacial score (nSPS) is 14.7. The number of hydrogen-bond donors (Lipinski definition) is 1. The molecule has 0 saturated carbocycles. The Morgan fingerprint density at radius 3 is 2.42 bits per heavy atom. The van der Waals surface area contributed by atoms with Crippen LogP contribution in [0.4, 0.5) is 11.8 Å². The average molecular weight is 481 g/mol. The number of aryl methyl sites for hydroxylation is 1. The maximum absolute atomic E-state index is 6.05. The molecule has 4 aromatic rings. The van der Waals surface area contributed by atoms with Crippen LogP contribution in [0.3, 0.4) is 0 Å². The minimum Gasteiger partial charge on any atom is -0.492 e. The number of anilines is 2. The van der Waals surface area contributed by atoms with Gasteiger partial charge in [0.15, 0.2) is 10.6 Å². The van der Waals surface area contributed by atoms with Crippen LogP contribution in [-0.4, -0.2) is 59.2 Å². The van der Waals surface area contributed by atoms with Gasteiger partial charge in [-0.05, 0) is 31.2 Å². The van der Waals surface area contributed by atoms with Gasteiger partial charge in [-0.25, -0.2) is 9.97 Å². The van der Waals surface area contributed by atoms with Gasteiger partial charge in [0.1, 0.15) is 22.9 Å². The molecule has 1 aliphatic heterocycles. The fraction of sp³-hybridized carbons (Fsp3) is 0.292. The second-order valence-corrected chi connectivity index (χ2v) is 9.49. The molecule has 1 saturated heterocycles. The number of benzene rings is 2. The van der Waals surface area contributed by atoms with Gasteiger partial charge in [0.05, 0.1) is 0 Å². The summed E-state index contributed by atoms with van der Waals surface area (Å²) in [5, 5.41) is 1.65. The molecule has 1 aliphatic rings. The van der Waals surface area contributed by atoms with E-state index >= 15 is 0 Å². The maximum Gasteiger partial charge on any atom is 0.223 e. The van der Waals surface area contributed by atoms with Crippen molar-refractivity contribution in [2.75, 3.05) is 50.0 Å². The molecule has 0 spiro atoms. The van der Waals surface area contributed by atoms with Gasteiger partial charge in [-0.15, -0.1) is 0 Å². The minimum atomic E-state index is 0.287. The molecule has 170 valence electrons. The third-order valence-corrected chi connectivity index (χ3v) is 6.97. The Bertz CT molecular complexity index is 1240. The van der Waals surface area contributed by atoms with Gasteiger partial charge in [-0.3, -0.25) is 4.90 Å². The Morgan fingerprint density at radius 2 is 1.70 bits per heavy atom. The predicted molar refractivity (Wildman–Crippen MR) is 135 cm³/mol. The molecule has 0 atom stereocenters. The first-order valence-corrected chi connectivity index (χ1v) is 12.1. The van der Waals surface area contributed by atoms with Gasteiger partial charge in [0.25, 0.3) is 0 Å². The summed E-state index contributed by atoms with van der Waals surface area (Å²) in [6.07, 6.45) is 0. The lowest BCUT2D eigenvalue weighted by molar-refractivity contribution is 0.200. The molecular formula is C24H25ClN6OS. The number of nitrogens with two attached hydrogens (primary N) is 1. The van der Waals surface area contributed by atoms with Crippen LogP contribution >= 0.6 is 22.9 Å². The molecule has 7 nitrogen and oxygen atoms in total. The van der Waals surface area contributed by atoms with Crippen LogP contribution in [0.15, 0.2) is 48.5 Å². The third-order valence-electron chi connectivity index (χ3n) is 5.72. The van der Waals surface area contributed by atoms with E-state index in [1.807, 2.05) is 24.3 Å². The number of halogens is 1. The van der Waals surface area contributed by atoms with Gasteiger partial charge in [0.2, 0.25) is 5.95 Å². The van der Waals surface area contributed by atoms with E-state index in [1.165, 1.54) is 5.56 Å². The van der Waals surface area contributed by atoms with Crippen LogP contribution in [0.1, 0.15) is 5.56 Å². The number of hydrogen-bond acceptors (Lipinski definition) is 8. The van der Waals surface area contributed by atoms with E-state index in [0.717, 1.165) is 65.2 Å². The molecule has 0 aliphatic carbocycles. The van der Waals surface area contributed by atoms with Crippen LogP contribution in [0.25, 0.3) is 20.9 Å². The average Bonchev–Trinajstić information content (AvgIpc) is 3.25. The number of fused-ring (bicyclic) bond motifs is 1. The number of rotatable bonds is 6. The molecule has 0 unspecified atom stereocenters. The lowest BCUT2D eigenvalue weighted by atomic mass is 10.2. The van der Waals surface area contributed by atoms with Crippen LogP contribution < -0.4 is 15.4 Å². The maximum atomic E-state index is 6.05. The zero-order chi connectivity index (χ0) is 22.8. The van der Waals surface area contributed by atoms with Crippen molar-refractivity contribution in [1.29, 1.82) is 0 Å². The Kier molecular flexibility index (Phi) is 6.30. The molecule has 9 heteroatoms. The van der Waals surface area contributed by atoms with E-state index in [4.69, 9.17) is 27.1 Å². The number of piperazine rings is 1. The van der Waals surface area contributed by atoms with E-state index in [9.17, 15) is 0 Å². The largest absolute Gasteiger partial charge is 0.492 e. The minimum absolute atomic E-state index is 0.287. The highest BCUT2D eigenvalue weighted by Gasteiger charge is 2.23. The number of nitrogens with zero attached hydrogens (tertiary/aromatic N) is 5. The highest BCUT2D eigenvalue weighted by atomic mass is 35.5. The summed E-state index contributed by atoms with van der Waals surface area (Å²) < 4.78 is 5.84. The topological polar surface area (TPSA) is 80.4 Å². The second-order valence-electron chi connectivity index (χ2n) is 8.08. The van der Waals surface area contributed by atoms with Crippen molar-refractivity contribution < 1.29 is 4.74 Å². The molecule has 2 aromatic carbocycles. The number of aromatic nitrogens is 3. The smallest absolute Gasteiger partial charge is 0.223 e. The summed E-state index contributed by atoms with van der Waals surface area (Å²) in [4.78, 5) is 19.4. The Morgan fingerprint density at radius 1 is 0.970 bits per heavy atom. The zero-order valence-corrected chi connectivity index (χ0v) is 19.9. The van der Waals surface area contributed by atoms with Crippen LogP contribution in [0, 0.1) is 6.92 Å². The molecule has 1 fully saturated rings. The van der Waals surface area contributed by atoms with E-state index in [2.05, 4.69) is 51.0 Å². The fourth-order valence-corrected chi connectivity index (χ4v) is 4.94. The molecule has 0 radical (unpaired) electrons. The summed E-state index contributed by atoms with van der Waals surface area (Å²) in [6, 6.07) is 15.8. The van der Waals surface area contributed by atoms with Crippen molar-refractivity contribution in [3.63, 3.8) is 0 Å². The molecule has 2 N–H and O–H groups in total. The lowest BCUT2D eigenvalue weighted by Crippen LogP contribution is -2.47. The van der Waals surface area contributed by atoms with Gasteiger partial charge < -0.3 is 15.4 Å². The van der Waals surface area contributed by atoms with Crippen LogP contribution in [0.5, 0.6) is 5.75 Å². The van der Waals surface area contributed by atoms with Crippen molar-refractivity contribution >= 4 is 45.1 Å². The monoisotopic (exact) mass is 480 g/mol. The molecule has 0 bridgehead atoms. The number of thiazole rings is 1. The molecule has 5 rings (SSSR count). The summed E-state index contributed by atoms with van der Waals surface area (Å²) in [7, 11) is 0. The molecule has 0 amide bonds. The summed E-state index contributed by atoms with van der Waals surface area (Å²) >= 11 is 7.48. The fourth-order valence-electron chi connectivity index (χ4n) is 3.87. The third kappa shape index (κ3) is 5.03. The van der Waals surface area contributed by atoms with Crippen molar-refractivity contribution in [2.45, 2.75) is 6.92 Å². The standard InChI is InChI=1S/C24H25ClN6OS/c1-16-2-4-17(5-3-16)22-27-20-21(28-24(26)29-23(20)33-22)31-12-10-30(11-13-31)14-15-32-19-8-6-18(25)7-9-19/h2-9H,10-15H2,1H3,(H2,26,28,29). The molecule has 2 aromatic heterocycles. The first-order valence-electron chi connectivity index (χ1n) is 10.9. The number of ether oxygens (including phenoxy) is 1. The zero-order valence-electron chi connectivity index (χ0n) is 18.4. The van der Waals surface area contributed by atoms with Gasteiger partial charge in [-0.2, -0.15) is 4.98 Å². The summed E-state index contributed by atoms with van der Waals surface area (Å²) in [6.45, 7) is 7.13. The van der Waals surface area contributed by atoms with Crippen molar-refractivity contribution in [3.8, 4) is 16.3 Å². The molecule has 3 heterocycles. The summed E-state index contributed by atoms with van der Waals surface area (Å²) in [5.41, 5.74) is 9.18. The predicted octanol–water partition coefficient (Wildman–Crippen LogP) is 4.50. The van der Waals surface area contributed by atoms with E-state index < -0.39 is 0 Å². The van der Waals surface area contributed by atoms with Crippen molar-refractivity contribution in [1.82, 2.24) is 19.9 Å². The van der Waals surface area contributed by atoms with E-state index in [1.54, 1.807) is 11.3 Å². The molecular weight excluding hydrogens is 456 g/mol. The first-order chi connectivity index (χ1) is 16.0. The lowest BCUT2D eigenvalue weighted by Gasteiger charge is -2.35. The summed E-state index contributed by atoms with van der Waals surface area (Å²) in [5.74, 6) is 1.95. The van der Waals surface area contributed by atoms with Gasteiger partial charge >= 0.3 is 0 Å². The van der Waals surface area contributed by atoms with Crippen molar-refractivity contribution in [2.24, 2.45) is 0 Å². The van der Waals surface area contributed by atoms with Crippen molar-refractivity contribution in [3.05, 3.63) is 59.1 Å². The first kappa shape index (κ1) is 21.9. The number of nitrogen functional groups attached to an aromatic ring is 1. The molecule has 33 heavy (non-hydrogen) atoms. The Labute approximate surface area is 201 Å². The second kappa shape index (κ2) is 9.51.